The van der Waals surface area contributed by atoms with Gasteiger partial charge in [0, 0.05) is 56.6 Å². The number of nitrogens with two attached hydrogens (primary N) is 1. The van der Waals surface area contributed by atoms with Crippen LogP contribution in [0.1, 0.15) is 30.8 Å². The third kappa shape index (κ3) is 5.54. The molecule has 2 N–H and O–H groups in total. The lowest BCUT2D eigenvalue weighted by Crippen LogP contribution is -2.49. The zero-order valence-corrected chi connectivity index (χ0v) is 17.2. The largest absolute Gasteiger partial charge is 0.343 e. The Morgan fingerprint density at radius 2 is 1.85 bits per heavy atom. The molecule has 2 heterocycles. The van der Waals surface area contributed by atoms with E-state index >= 15 is 0 Å². The molecular weight excluding hydrogens is 393 g/mol. The normalized spacial score (nSPS) is 15.0. The highest BCUT2D eigenvalue weighted by Gasteiger charge is 2.24. The van der Waals surface area contributed by atoms with Gasteiger partial charge >= 0.3 is 0 Å². The molecule has 144 valence electrons. The second-order valence-electron chi connectivity index (χ2n) is 5.94. The first-order chi connectivity index (χ1) is 11.7. The summed E-state index contributed by atoms with van der Waals surface area (Å²) in [6, 6.07) is 9.55. The Morgan fingerprint density at radius 3 is 2.42 bits per heavy atom. The topological polar surface area (TPSA) is 75.4 Å². The van der Waals surface area contributed by atoms with E-state index in [1.54, 1.807) is 0 Å². The van der Waals surface area contributed by atoms with Crippen molar-refractivity contribution in [2.24, 2.45) is 5.73 Å². The van der Waals surface area contributed by atoms with Crippen molar-refractivity contribution < 1.29 is 4.79 Å². The van der Waals surface area contributed by atoms with Crippen LogP contribution >= 0.6 is 36.3 Å². The number of rotatable bonds is 5. The number of hydrogen-bond donors (Lipinski definition) is 1. The van der Waals surface area contributed by atoms with E-state index < -0.39 is 0 Å². The van der Waals surface area contributed by atoms with Crippen molar-refractivity contribution in [1.29, 1.82) is 0 Å². The first kappa shape index (κ1) is 22.6. The number of nitrogens with zero attached hydrogens (tertiary/aromatic N) is 4. The lowest BCUT2D eigenvalue weighted by atomic mass is 10.0. The third-order valence-electron chi connectivity index (χ3n) is 4.30. The van der Waals surface area contributed by atoms with Gasteiger partial charge in [-0.25, -0.2) is 4.98 Å². The quantitative estimate of drug-likeness (QED) is 0.808. The van der Waals surface area contributed by atoms with Crippen LogP contribution in [-0.4, -0.2) is 46.3 Å². The first-order valence-corrected chi connectivity index (χ1v) is 9.10. The molecule has 0 aliphatic carbocycles. The maximum absolute atomic E-state index is 12.5. The summed E-state index contributed by atoms with van der Waals surface area (Å²) in [4.78, 5) is 21.1. The van der Waals surface area contributed by atoms with Crippen molar-refractivity contribution in [2.45, 2.75) is 25.8 Å². The van der Waals surface area contributed by atoms with Crippen LogP contribution in [0.25, 0.3) is 0 Å². The second kappa shape index (κ2) is 10.7. The molecule has 1 unspecified atom stereocenters. The lowest BCUT2D eigenvalue weighted by molar-refractivity contribution is -0.131. The number of aromatic nitrogens is 2. The predicted molar refractivity (Wildman–Crippen MR) is 111 cm³/mol. The smallest absolute Gasteiger partial charge is 0.224 e. The number of anilines is 1. The maximum Gasteiger partial charge on any atom is 0.224 e. The van der Waals surface area contributed by atoms with Gasteiger partial charge in [-0.3, -0.25) is 4.79 Å². The first-order valence-electron chi connectivity index (χ1n) is 8.33. The van der Waals surface area contributed by atoms with E-state index in [4.69, 9.17) is 5.73 Å². The van der Waals surface area contributed by atoms with Crippen LogP contribution in [0, 0.1) is 0 Å². The minimum Gasteiger partial charge on any atom is -0.343 e. The number of halogens is 2. The van der Waals surface area contributed by atoms with Gasteiger partial charge in [-0.1, -0.05) is 37.3 Å². The Morgan fingerprint density at radius 1 is 1.19 bits per heavy atom. The molecule has 3 rings (SSSR count). The van der Waals surface area contributed by atoms with Crippen molar-refractivity contribution in [3.8, 4) is 0 Å². The van der Waals surface area contributed by atoms with Gasteiger partial charge in [-0.2, -0.15) is 4.37 Å². The highest BCUT2D eigenvalue weighted by Crippen LogP contribution is 2.20. The maximum atomic E-state index is 12.5. The molecule has 1 amide bonds. The molecule has 0 radical (unpaired) electrons. The molecule has 9 heteroatoms. The van der Waals surface area contributed by atoms with Gasteiger partial charge in [-0.05, 0) is 5.56 Å². The van der Waals surface area contributed by atoms with Crippen LogP contribution in [0.4, 0.5) is 5.13 Å². The number of piperazine rings is 1. The highest BCUT2D eigenvalue weighted by atomic mass is 35.5. The molecule has 1 aliphatic heterocycles. The Bertz CT molecular complexity index is 677. The summed E-state index contributed by atoms with van der Waals surface area (Å²) in [6.07, 6.45) is 1.20. The molecule has 1 saturated heterocycles. The molecule has 0 saturated carbocycles. The summed E-state index contributed by atoms with van der Waals surface area (Å²) in [5, 5.41) is 0.958. The molecule has 1 aromatic heterocycles. The summed E-state index contributed by atoms with van der Waals surface area (Å²) in [7, 11) is 0. The Hall–Kier alpha value is -1.41. The molecule has 2 aromatic rings. The molecule has 0 bridgehead atoms. The fourth-order valence-electron chi connectivity index (χ4n) is 2.80. The van der Waals surface area contributed by atoms with Crippen molar-refractivity contribution in [2.75, 3.05) is 31.1 Å². The standard InChI is InChI=1S/C17H23N5OS.2ClH/c1-2-15-19-17(24-20-15)22-10-8-21(9-11-22)16(23)12-14(18)13-6-4-3-5-7-13;;/h3-7,14H,2,8-12,18H2,1H3;2*1H. The van der Waals surface area contributed by atoms with Gasteiger partial charge in [0.25, 0.3) is 0 Å². The fourth-order valence-corrected chi connectivity index (χ4v) is 3.60. The molecular formula is C17H25Cl2N5OS. The number of hydrogen-bond acceptors (Lipinski definition) is 6. The predicted octanol–water partition coefficient (Wildman–Crippen LogP) is 2.68. The second-order valence-corrected chi connectivity index (χ2v) is 6.67. The number of amides is 1. The third-order valence-corrected chi connectivity index (χ3v) is 5.11. The van der Waals surface area contributed by atoms with E-state index in [2.05, 4.69) is 21.2 Å². The Kier molecular flexibility index (Phi) is 9.29. The van der Waals surface area contributed by atoms with Crippen LogP contribution in [0.3, 0.4) is 0 Å². The van der Waals surface area contributed by atoms with E-state index in [1.165, 1.54) is 11.5 Å². The van der Waals surface area contributed by atoms with E-state index in [0.29, 0.717) is 19.5 Å². The van der Waals surface area contributed by atoms with E-state index in [9.17, 15) is 4.79 Å². The zero-order valence-electron chi connectivity index (χ0n) is 14.7. The average Bonchev–Trinajstić information content (AvgIpc) is 3.11. The summed E-state index contributed by atoms with van der Waals surface area (Å²) in [5.41, 5.74) is 7.17. The SMILES string of the molecule is CCc1nsc(N2CCN(C(=O)CC(N)c3ccccc3)CC2)n1.Cl.Cl. The monoisotopic (exact) mass is 417 g/mol. The fraction of sp³-hybridized carbons (Fsp3) is 0.471. The lowest BCUT2D eigenvalue weighted by Gasteiger charge is -2.34. The summed E-state index contributed by atoms with van der Waals surface area (Å²) in [6.45, 7) is 5.07. The Labute approximate surface area is 170 Å². The minimum atomic E-state index is -0.244. The van der Waals surface area contributed by atoms with Gasteiger partial charge in [0.1, 0.15) is 5.82 Å². The Balaban J connectivity index is 0.00000169. The van der Waals surface area contributed by atoms with Gasteiger partial charge in [0.2, 0.25) is 11.0 Å². The van der Waals surface area contributed by atoms with Crippen molar-refractivity contribution in [3.63, 3.8) is 0 Å². The summed E-state index contributed by atoms with van der Waals surface area (Å²) in [5.74, 6) is 1.01. The van der Waals surface area contributed by atoms with Crippen LogP contribution in [0.15, 0.2) is 30.3 Å². The van der Waals surface area contributed by atoms with Crippen LogP contribution in [0.2, 0.25) is 0 Å². The van der Waals surface area contributed by atoms with Crippen LogP contribution in [0.5, 0.6) is 0 Å². The number of carbonyl (C=O) groups excluding carboxylic acids is 1. The molecule has 1 aliphatic rings. The molecule has 0 spiro atoms. The van der Waals surface area contributed by atoms with E-state index in [1.807, 2.05) is 35.2 Å². The van der Waals surface area contributed by atoms with Gasteiger partial charge < -0.3 is 15.5 Å². The van der Waals surface area contributed by atoms with Crippen molar-refractivity contribution in [1.82, 2.24) is 14.3 Å². The average molecular weight is 418 g/mol. The highest BCUT2D eigenvalue weighted by molar-refractivity contribution is 7.09. The van der Waals surface area contributed by atoms with Gasteiger partial charge in [0.05, 0.1) is 0 Å². The zero-order chi connectivity index (χ0) is 16.9. The number of benzene rings is 1. The van der Waals surface area contributed by atoms with Gasteiger partial charge in [0.15, 0.2) is 0 Å². The molecule has 1 atom stereocenters. The summed E-state index contributed by atoms with van der Waals surface area (Å²) >= 11 is 1.44. The molecule has 26 heavy (non-hydrogen) atoms. The van der Waals surface area contributed by atoms with Crippen LogP contribution in [-0.2, 0) is 11.2 Å². The minimum absolute atomic E-state index is 0. The van der Waals surface area contributed by atoms with Crippen molar-refractivity contribution in [3.05, 3.63) is 41.7 Å². The number of carbonyl (C=O) groups is 1. The van der Waals surface area contributed by atoms with E-state index in [-0.39, 0.29) is 36.8 Å². The molecule has 1 aromatic carbocycles. The van der Waals surface area contributed by atoms with Crippen molar-refractivity contribution >= 4 is 47.4 Å². The van der Waals surface area contributed by atoms with Crippen LogP contribution < -0.4 is 10.6 Å². The number of aryl methyl sites for hydroxylation is 1. The molecule has 1 fully saturated rings. The van der Waals surface area contributed by atoms with Gasteiger partial charge in [-0.15, -0.1) is 24.8 Å². The molecule has 6 nitrogen and oxygen atoms in total. The van der Waals surface area contributed by atoms with E-state index in [0.717, 1.165) is 36.0 Å². The summed E-state index contributed by atoms with van der Waals surface area (Å²) < 4.78 is 4.33.